The van der Waals surface area contributed by atoms with Gasteiger partial charge in [0.2, 0.25) is 5.91 Å². The lowest BCUT2D eigenvalue weighted by Gasteiger charge is -2.16. The van der Waals surface area contributed by atoms with Crippen LogP contribution in [0.5, 0.6) is 5.75 Å². The van der Waals surface area contributed by atoms with E-state index in [1.54, 1.807) is 32.3 Å². The van der Waals surface area contributed by atoms with Crippen molar-refractivity contribution in [2.45, 2.75) is 13.3 Å². The number of amides is 2. The molecular weight excluding hydrogens is 282 g/mol. The third-order valence-electron chi connectivity index (χ3n) is 3.62. The monoisotopic (exact) mass is 305 g/mol. The van der Waals surface area contributed by atoms with Gasteiger partial charge in [0.15, 0.2) is 0 Å². The van der Waals surface area contributed by atoms with Gasteiger partial charge in [0.1, 0.15) is 5.75 Å². The van der Waals surface area contributed by atoms with E-state index in [9.17, 15) is 9.59 Å². The molecule has 22 heavy (non-hydrogen) atoms. The summed E-state index contributed by atoms with van der Waals surface area (Å²) in [5.74, 6) is 0.392. The Kier molecular flexibility index (Phi) is 5.38. The molecule has 1 aromatic rings. The summed E-state index contributed by atoms with van der Waals surface area (Å²) >= 11 is 0. The van der Waals surface area contributed by atoms with Crippen molar-refractivity contribution in [3.8, 4) is 5.75 Å². The van der Waals surface area contributed by atoms with E-state index in [4.69, 9.17) is 4.74 Å². The fraction of sp³-hybridized carbons (Fsp3) is 0.500. The lowest BCUT2D eigenvalue weighted by atomic mass is 10.1. The van der Waals surface area contributed by atoms with E-state index < -0.39 is 0 Å². The lowest BCUT2D eigenvalue weighted by molar-refractivity contribution is -0.119. The zero-order valence-electron chi connectivity index (χ0n) is 13.3. The number of ether oxygens (including phenoxy) is 1. The van der Waals surface area contributed by atoms with Gasteiger partial charge >= 0.3 is 0 Å². The van der Waals surface area contributed by atoms with Crippen LogP contribution in [0.1, 0.15) is 23.7 Å². The first kappa shape index (κ1) is 16.3. The molecule has 0 bridgehead atoms. The number of hydrogen-bond donors (Lipinski definition) is 2. The topological polar surface area (TPSA) is 70.7 Å². The second kappa shape index (κ2) is 7.26. The fourth-order valence-corrected chi connectivity index (χ4v) is 2.40. The summed E-state index contributed by atoms with van der Waals surface area (Å²) in [6.07, 6.45) is 0.840. The Bertz CT molecular complexity index is 552. The average molecular weight is 305 g/mol. The Morgan fingerprint density at radius 3 is 2.77 bits per heavy atom. The first-order valence-corrected chi connectivity index (χ1v) is 7.53. The molecule has 0 saturated carbocycles. The molecule has 1 heterocycles. The van der Waals surface area contributed by atoms with E-state index in [1.807, 2.05) is 6.92 Å². The Morgan fingerprint density at radius 2 is 2.18 bits per heavy atom. The van der Waals surface area contributed by atoms with Crippen molar-refractivity contribution in [3.05, 3.63) is 23.8 Å². The number of nitrogens with zero attached hydrogens (tertiary/aromatic N) is 1. The Hall–Kier alpha value is -2.08. The van der Waals surface area contributed by atoms with Crippen LogP contribution in [0.2, 0.25) is 0 Å². The van der Waals surface area contributed by atoms with Gasteiger partial charge in [-0.25, -0.2) is 0 Å². The van der Waals surface area contributed by atoms with Crippen LogP contribution in [0.25, 0.3) is 0 Å². The molecule has 1 aliphatic rings. The summed E-state index contributed by atoms with van der Waals surface area (Å²) in [7, 11) is 3.40. The molecule has 1 saturated heterocycles. The van der Waals surface area contributed by atoms with Gasteiger partial charge in [0, 0.05) is 26.2 Å². The molecule has 1 fully saturated rings. The van der Waals surface area contributed by atoms with Crippen LogP contribution in [0.4, 0.5) is 5.69 Å². The highest BCUT2D eigenvalue weighted by Gasteiger charge is 2.23. The second-order valence-electron chi connectivity index (χ2n) is 5.52. The standard InChI is InChI=1S/C16H23N3O3/c1-4-22-14-9-11(16(21)19(2)3)5-6-13(14)18-15(20)12-7-8-17-10-12/h5-6,9,12,17H,4,7-8,10H2,1-3H3,(H,18,20). The molecule has 6 heteroatoms. The molecule has 0 aliphatic carbocycles. The van der Waals surface area contributed by atoms with Crippen LogP contribution in [0, 0.1) is 5.92 Å². The molecule has 1 atom stereocenters. The number of anilines is 1. The van der Waals surface area contributed by atoms with Crippen LogP contribution < -0.4 is 15.4 Å². The summed E-state index contributed by atoms with van der Waals surface area (Å²) in [5.41, 5.74) is 1.14. The molecule has 6 nitrogen and oxygen atoms in total. The molecule has 1 unspecified atom stereocenters. The first-order valence-electron chi connectivity index (χ1n) is 7.53. The number of carbonyl (C=O) groups excluding carboxylic acids is 2. The zero-order chi connectivity index (χ0) is 16.1. The lowest BCUT2D eigenvalue weighted by Crippen LogP contribution is -2.25. The molecule has 0 aromatic heterocycles. The van der Waals surface area contributed by atoms with Gasteiger partial charge in [0.05, 0.1) is 18.2 Å². The number of nitrogens with one attached hydrogen (secondary N) is 2. The summed E-state index contributed by atoms with van der Waals surface area (Å²) in [6, 6.07) is 5.10. The van der Waals surface area contributed by atoms with Gasteiger partial charge in [-0.1, -0.05) is 0 Å². The quantitative estimate of drug-likeness (QED) is 0.861. The molecule has 1 aliphatic heterocycles. The zero-order valence-corrected chi connectivity index (χ0v) is 13.3. The highest BCUT2D eigenvalue weighted by molar-refractivity contribution is 5.97. The molecule has 2 amide bonds. The maximum absolute atomic E-state index is 12.2. The predicted octanol–water partition coefficient (Wildman–Crippen LogP) is 1.34. The van der Waals surface area contributed by atoms with Crippen molar-refractivity contribution in [2.24, 2.45) is 5.92 Å². The second-order valence-corrected chi connectivity index (χ2v) is 5.52. The largest absolute Gasteiger partial charge is 0.492 e. The van der Waals surface area contributed by atoms with Gasteiger partial charge in [0.25, 0.3) is 5.91 Å². The Morgan fingerprint density at radius 1 is 1.41 bits per heavy atom. The average Bonchev–Trinajstić information content (AvgIpc) is 3.02. The molecule has 1 aromatic carbocycles. The van der Waals surface area contributed by atoms with Crippen LogP contribution in [-0.2, 0) is 4.79 Å². The van der Waals surface area contributed by atoms with Crippen molar-refractivity contribution in [3.63, 3.8) is 0 Å². The smallest absolute Gasteiger partial charge is 0.253 e. The van der Waals surface area contributed by atoms with Crippen molar-refractivity contribution < 1.29 is 14.3 Å². The minimum atomic E-state index is -0.0983. The first-order chi connectivity index (χ1) is 10.5. The van der Waals surface area contributed by atoms with Crippen LogP contribution in [0.3, 0.4) is 0 Å². The van der Waals surface area contributed by atoms with Crippen LogP contribution in [-0.4, -0.2) is 50.5 Å². The molecule has 0 radical (unpaired) electrons. The van der Waals surface area contributed by atoms with E-state index in [1.165, 1.54) is 4.90 Å². The van der Waals surface area contributed by atoms with Gasteiger partial charge in [-0.3, -0.25) is 9.59 Å². The molecule has 2 N–H and O–H groups in total. The number of carbonyl (C=O) groups is 2. The van der Waals surface area contributed by atoms with E-state index >= 15 is 0 Å². The molecule has 2 rings (SSSR count). The third-order valence-corrected chi connectivity index (χ3v) is 3.62. The number of rotatable bonds is 5. The van der Waals surface area contributed by atoms with Gasteiger partial charge in [-0.15, -0.1) is 0 Å². The van der Waals surface area contributed by atoms with Gasteiger partial charge < -0.3 is 20.3 Å². The summed E-state index contributed by atoms with van der Waals surface area (Å²) < 4.78 is 5.57. The van der Waals surface area contributed by atoms with Crippen molar-refractivity contribution in [1.29, 1.82) is 0 Å². The van der Waals surface area contributed by atoms with E-state index in [0.717, 1.165) is 13.0 Å². The molecule has 120 valence electrons. The van der Waals surface area contributed by atoms with Crippen molar-refractivity contribution in [2.75, 3.05) is 39.1 Å². The van der Waals surface area contributed by atoms with Crippen LogP contribution >= 0.6 is 0 Å². The van der Waals surface area contributed by atoms with Crippen molar-refractivity contribution >= 4 is 17.5 Å². The summed E-state index contributed by atoms with van der Waals surface area (Å²) in [5, 5.41) is 6.08. The fourth-order valence-electron chi connectivity index (χ4n) is 2.40. The van der Waals surface area contributed by atoms with Gasteiger partial charge in [-0.2, -0.15) is 0 Å². The highest BCUT2D eigenvalue weighted by Crippen LogP contribution is 2.27. The number of hydrogen-bond acceptors (Lipinski definition) is 4. The van der Waals surface area contributed by atoms with E-state index in [2.05, 4.69) is 10.6 Å². The minimum absolute atomic E-state index is 0.0161. The van der Waals surface area contributed by atoms with Crippen LogP contribution in [0.15, 0.2) is 18.2 Å². The third kappa shape index (κ3) is 3.76. The van der Waals surface area contributed by atoms with Crippen molar-refractivity contribution in [1.82, 2.24) is 10.2 Å². The molecular formula is C16H23N3O3. The Balaban J connectivity index is 2.19. The maximum Gasteiger partial charge on any atom is 0.253 e. The minimum Gasteiger partial charge on any atom is -0.492 e. The Labute approximate surface area is 130 Å². The SMILES string of the molecule is CCOc1cc(C(=O)N(C)C)ccc1NC(=O)C1CCNC1. The van der Waals surface area contributed by atoms with E-state index in [0.29, 0.717) is 30.2 Å². The maximum atomic E-state index is 12.2. The number of benzene rings is 1. The summed E-state index contributed by atoms with van der Waals surface area (Å²) in [4.78, 5) is 25.7. The highest BCUT2D eigenvalue weighted by atomic mass is 16.5. The normalized spacial score (nSPS) is 17.1. The van der Waals surface area contributed by atoms with E-state index in [-0.39, 0.29) is 17.7 Å². The summed E-state index contributed by atoms with van der Waals surface area (Å²) in [6.45, 7) is 3.90. The predicted molar refractivity (Wildman–Crippen MR) is 85.2 cm³/mol. The van der Waals surface area contributed by atoms with Gasteiger partial charge in [-0.05, 0) is 38.1 Å². The molecule has 0 spiro atoms.